The van der Waals surface area contributed by atoms with Crippen LogP contribution in [-0.4, -0.2) is 35.9 Å². The number of aryl methyl sites for hydroxylation is 2. The number of nitrogens with one attached hydrogen (secondary N) is 1. The number of halogens is 1. The van der Waals surface area contributed by atoms with Crippen molar-refractivity contribution in [3.8, 4) is 5.75 Å². The summed E-state index contributed by atoms with van der Waals surface area (Å²) in [6.07, 6.45) is 0.806. The zero-order valence-corrected chi connectivity index (χ0v) is 17.5. The first-order valence-electron chi connectivity index (χ1n) is 9.83. The first-order chi connectivity index (χ1) is 13.8. The van der Waals surface area contributed by atoms with E-state index in [2.05, 4.69) is 5.32 Å². The van der Waals surface area contributed by atoms with Crippen molar-refractivity contribution in [1.29, 1.82) is 0 Å². The number of amides is 2. The average Bonchev–Trinajstić information content (AvgIpc) is 2.70. The van der Waals surface area contributed by atoms with Gasteiger partial charge in [0.2, 0.25) is 5.91 Å². The Morgan fingerprint density at radius 2 is 1.83 bits per heavy atom. The number of rotatable bonds is 9. The number of ether oxygens (including phenoxy) is 1. The van der Waals surface area contributed by atoms with Crippen molar-refractivity contribution in [2.24, 2.45) is 0 Å². The van der Waals surface area contributed by atoms with E-state index < -0.39 is 6.04 Å². The third-order valence-corrected chi connectivity index (χ3v) is 4.66. The molecule has 0 aromatic heterocycles. The summed E-state index contributed by atoms with van der Waals surface area (Å²) in [7, 11) is 0. The van der Waals surface area contributed by atoms with Gasteiger partial charge in [-0.15, -0.1) is 0 Å². The number of carbonyl (C=O) groups excluding carboxylic acids is 2. The van der Waals surface area contributed by atoms with Crippen LogP contribution in [-0.2, 0) is 16.1 Å². The van der Waals surface area contributed by atoms with Gasteiger partial charge in [-0.3, -0.25) is 9.59 Å². The summed E-state index contributed by atoms with van der Waals surface area (Å²) < 4.78 is 18.9. The molecule has 2 aromatic rings. The molecule has 0 unspecified atom stereocenters. The van der Waals surface area contributed by atoms with Crippen LogP contribution in [0.5, 0.6) is 5.75 Å². The molecule has 0 aliphatic carbocycles. The van der Waals surface area contributed by atoms with E-state index in [4.69, 9.17) is 4.74 Å². The quantitative estimate of drug-likeness (QED) is 0.697. The van der Waals surface area contributed by atoms with Gasteiger partial charge in [0.15, 0.2) is 6.61 Å². The van der Waals surface area contributed by atoms with E-state index in [-0.39, 0.29) is 30.8 Å². The predicted molar refractivity (Wildman–Crippen MR) is 111 cm³/mol. The van der Waals surface area contributed by atoms with Crippen LogP contribution >= 0.6 is 0 Å². The maximum atomic E-state index is 13.2. The maximum Gasteiger partial charge on any atom is 0.261 e. The zero-order chi connectivity index (χ0) is 21.4. The van der Waals surface area contributed by atoms with Crippen LogP contribution in [0.1, 0.15) is 37.0 Å². The van der Waals surface area contributed by atoms with Gasteiger partial charge in [0.25, 0.3) is 5.91 Å². The third-order valence-electron chi connectivity index (χ3n) is 4.66. The molecular formula is C23H29FN2O3. The standard InChI is InChI=1S/C23H29FN2O3/c1-5-12-25-23(28)18(4)26(14-19-7-9-20(24)10-8-19)22(27)15-29-21-11-6-16(2)13-17(21)3/h6-11,13,18H,5,12,14-15H2,1-4H3,(H,25,28)/t18-/m0/s1. The Morgan fingerprint density at radius 1 is 1.14 bits per heavy atom. The third kappa shape index (κ3) is 6.59. The maximum absolute atomic E-state index is 13.2. The summed E-state index contributed by atoms with van der Waals surface area (Å²) in [5.41, 5.74) is 2.79. The van der Waals surface area contributed by atoms with Crippen molar-refractivity contribution in [3.63, 3.8) is 0 Å². The van der Waals surface area contributed by atoms with Crippen molar-refractivity contribution in [1.82, 2.24) is 10.2 Å². The van der Waals surface area contributed by atoms with Crippen LogP contribution < -0.4 is 10.1 Å². The van der Waals surface area contributed by atoms with Crippen LogP contribution in [0, 0.1) is 19.7 Å². The summed E-state index contributed by atoms with van der Waals surface area (Å²) in [5, 5.41) is 2.82. The summed E-state index contributed by atoms with van der Waals surface area (Å²) in [6.45, 7) is 8.11. The molecule has 0 aliphatic heterocycles. The smallest absolute Gasteiger partial charge is 0.261 e. The molecule has 0 saturated carbocycles. The van der Waals surface area contributed by atoms with E-state index >= 15 is 0 Å². The van der Waals surface area contributed by atoms with Crippen LogP contribution in [0.25, 0.3) is 0 Å². The lowest BCUT2D eigenvalue weighted by Crippen LogP contribution is -2.49. The molecule has 2 amide bonds. The van der Waals surface area contributed by atoms with Gasteiger partial charge < -0.3 is 15.0 Å². The zero-order valence-electron chi connectivity index (χ0n) is 17.5. The predicted octanol–water partition coefficient (Wildman–Crippen LogP) is 3.76. The van der Waals surface area contributed by atoms with E-state index in [0.29, 0.717) is 12.3 Å². The Bertz CT molecular complexity index is 837. The van der Waals surface area contributed by atoms with Gasteiger partial charge in [0, 0.05) is 13.1 Å². The number of nitrogens with zero attached hydrogens (tertiary/aromatic N) is 1. The first kappa shape index (κ1) is 22.4. The number of hydrogen-bond donors (Lipinski definition) is 1. The highest BCUT2D eigenvalue weighted by Crippen LogP contribution is 2.19. The molecule has 6 heteroatoms. The molecule has 1 N–H and O–H groups in total. The van der Waals surface area contributed by atoms with Gasteiger partial charge >= 0.3 is 0 Å². The van der Waals surface area contributed by atoms with Crippen molar-refractivity contribution in [2.75, 3.05) is 13.2 Å². The summed E-state index contributed by atoms with van der Waals surface area (Å²) in [5.74, 6) is -0.255. The van der Waals surface area contributed by atoms with E-state index in [1.54, 1.807) is 19.1 Å². The minimum atomic E-state index is -0.679. The minimum Gasteiger partial charge on any atom is -0.483 e. The lowest BCUT2D eigenvalue weighted by molar-refractivity contribution is -0.142. The SMILES string of the molecule is CCCNC(=O)[C@H](C)N(Cc1ccc(F)cc1)C(=O)COc1ccc(C)cc1C. The summed E-state index contributed by atoms with van der Waals surface area (Å²) in [6, 6.07) is 11.0. The summed E-state index contributed by atoms with van der Waals surface area (Å²) in [4.78, 5) is 26.8. The monoisotopic (exact) mass is 400 g/mol. The highest BCUT2D eigenvalue weighted by atomic mass is 19.1. The van der Waals surface area contributed by atoms with Gasteiger partial charge in [0.1, 0.15) is 17.6 Å². The van der Waals surface area contributed by atoms with Gasteiger partial charge in [-0.2, -0.15) is 0 Å². The van der Waals surface area contributed by atoms with Crippen molar-refractivity contribution >= 4 is 11.8 Å². The van der Waals surface area contributed by atoms with Gasteiger partial charge in [-0.25, -0.2) is 4.39 Å². The van der Waals surface area contributed by atoms with Crippen LogP contribution in [0.15, 0.2) is 42.5 Å². The molecule has 0 aliphatic rings. The second-order valence-corrected chi connectivity index (χ2v) is 7.17. The Hall–Kier alpha value is -2.89. The fourth-order valence-electron chi connectivity index (χ4n) is 2.95. The Labute approximate surface area is 171 Å². The van der Waals surface area contributed by atoms with Gasteiger partial charge in [-0.05, 0) is 56.5 Å². The molecule has 0 spiro atoms. The van der Waals surface area contributed by atoms with Gasteiger partial charge in [0.05, 0.1) is 0 Å². The van der Waals surface area contributed by atoms with Crippen molar-refractivity contribution in [3.05, 3.63) is 65.0 Å². The molecule has 0 radical (unpaired) electrons. The first-order valence-corrected chi connectivity index (χ1v) is 9.83. The molecule has 0 saturated heterocycles. The van der Waals surface area contributed by atoms with E-state index in [0.717, 1.165) is 23.1 Å². The number of hydrogen-bond acceptors (Lipinski definition) is 3. The second kappa shape index (κ2) is 10.6. The number of benzene rings is 2. The second-order valence-electron chi connectivity index (χ2n) is 7.17. The van der Waals surface area contributed by atoms with Crippen LogP contribution in [0.4, 0.5) is 4.39 Å². The van der Waals surface area contributed by atoms with Crippen molar-refractivity contribution < 1.29 is 18.7 Å². The normalized spacial score (nSPS) is 11.6. The average molecular weight is 400 g/mol. The lowest BCUT2D eigenvalue weighted by Gasteiger charge is -2.29. The Morgan fingerprint density at radius 3 is 2.45 bits per heavy atom. The van der Waals surface area contributed by atoms with Crippen LogP contribution in [0.3, 0.4) is 0 Å². The fraction of sp³-hybridized carbons (Fsp3) is 0.391. The topological polar surface area (TPSA) is 58.6 Å². The lowest BCUT2D eigenvalue weighted by atomic mass is 10.1. The molecule has 0 heterocycles. The van der Waals surface area contributed by atoms with E-state index in [9.17, 15) is 14.0 Å². The molecule has 29 heavy (non-hydrogen) atoms. The highest BCUT2D eigenvalue weighted by molar-refractivity contribution is 5.87. The Balaban J connectivity index is 2.14. The molecule has 1 atom stereocenters. The number of carbonyl (C=O) groups is 2. The fourth-order valence-corrected chi connectivity index (χ4v) is 2.95. The van der Waals surface area contributed by atoms with Crippen LogP contribution in [0.2, 0.25) is 0 Å². The van der Waals surface area contributed by atoms with Crippen molar-refractivity contribution in [2.45, 2.75) is 46.7 Å². The molecular weight excluding hydrogens is 371 g/mol. The van der Waals surface area contributed by atoms with E-state index in [1.807, 2.05) is 39.0 Å². The Kier molecular flexibility index (Phi) is 8.19. The molecule has 156 valence electrons. The summed E-state index contributed by atoms with van der Waals surface area (Å²) >= 11 is 0. The van der Waals surface area contributed by atoms with Gasteiger partial charge in [-0.1, -0.05) is 36.8 Å². The molecule has 2 aromatic carbocycles. The minimum absolute atomic E-state index is 0.184. The van der Waals surface area contributed by atoms with E-state index in [1.165, 1.54) is 17.0 Å². The molecule has 0 bridgehead atoms. The molecule has 5 nitrogen and oxygen atoms in total. The molecule has 2 rings (SSSR count). The largest absolute Gasteiger partial charge is 0.483 e. The molecule has 0 fully saturated rings. The highest BCUT2D eigenvalue weighted by Gasteiger charge is 2.26.